The number of amides is 1. The van der Waals surface area contributed by atoms with Gasteiger partial charge in [-0.1, -0.05) is 0 Å². The number of hydrogen-bond acceptors (Lipinski definition) is 5. The maximum atomic E-state index is 11.6. The van der Waals surface area contributed by atoms with Crippen molar-refractivity contribution in [2.75, 3.05) is 31.6 Å². The summed E-state index contributed by atoms with van der Waals surface area (Å²) in [7, 11) is 0. The summed E-state index contributed by atoms with van der Waals surface area (Å²) in [6, 6.07) is 0. The van der Waals surface area contributed by atoms with E-state index < -0.39 is 0 Å². The van der Waals surface area contributed by atoms with Gasteiger partial charge in [-0.15, -0.1) is 11.3 Å². The molecular weight excluding hydrogens is 262 g/mol. The molecule has 2 N–H and O–H groups in total. The molecule has 1 aliphatic heterocycles. The quantitative estimate of drug-likeness (QED) is 0.784. The molecule has 2 rings (SSSR count). The van der Waals surface area contributed by atoms with Gasteiger partial charge < -0.3 is 15.4 Å². The van der Waals surface area contributed by atoms with Crippen molar-refractivity contribution in [3.63, 3.8) is 0 Å². The lowest BCUT2D eigenvalue weighted by Gasteiger charge is -2.20. The molecule has 5 nitrogen and oxygen atoms in total. The summed E-state index contributed by atoms with van der Waals surface area (Å²) < 4.78 is 5.16. The van der Waals surface area contributed by atoms with Gasteiger partial charge in [-0.3, -0.25) is 4.79 Å². The van der Waals surface area contributed by atoms with Gasteiger partial charge in [0.15, 0.2) is 5.13 Å². The lowest BCUT2D eigenvalue weighted by molar-refractivity contribution is -0.117. The summed E-state index contributed by atoms with van der Waals surface area (Å²) in [6.07, 6.45) is 4.59. The Labute approximate surface area is 117 Å². The highest BCUT2D eigenvalue weighted by molar-refractivity contribution is 7.15. The van der Waals surface area contributed by atoms with E-state index in [1.807, 2.05) is 13.1 Å². The van der Waals surface area contributed by atoms with Crippen molar-refractivity contribution < 1.29 is 9.53 Å². The number of nitrogens with zero attached hydrogens (tertiary/aromatic N) is 1. The zero-order chi connectivity index (χ0) is 13.5. The number of nitrogens with one attached hydrogen (secondary N) is 2. The number of anilines is 1. The predicted octanol–water partition coefficient (Wildman–Crippen LogP) is 1.98. The number of thiazole rings is 1. The monoisotopic (exact) mass is 283 g/mol. The van der Waals surface area contributed by atoms with E-state index >= 15 is 0 Å². The third-order valence-corrected chi connectivity index (χ3v) is 4.26. The number of carbonyl (C=O) groups is 1. The Bertz CT molecular complexity index is 402. The number of carbonyl (C=O) groups excluding carboxylic acids is 1. The van der Waals surface area contributed by atoms with Crippen LogP contribution in [-0.2, 0) is 9.53 Å². The van der Waals surface area contributed by atoms with Gasteiger partial charge >= 0.3 is 0 Å². The molecular formula is C13H21N3O2S. The van der Waals surface area contributed by atoms with Crippen LogP contribution in [0.25, 0.3) is 0 Å². The first-order valence-electron chi connectivity index (χ1n) is 6.83. The number of hydrogen-bond donors (Lipinski definition) is 2. The van der Waals surface area contributed by atoms with E-state index in [-0.39, 0.29) is 5.91 Å². The Morgan fingerprint density at radius 2 is 2.37 bits per heavy atom. The minimum Gasteiger partial charge on any atom is -0.381 e. The van der Waals surface area contributed by atoms with E-state index in [1.54, 1.807) is 11.3 Å². The van der Waals surface area contributed by atoms with E-state index in [4.69, 9.17) is 4.74 Å². The van der Waals surface area contributed by atoms with Crippen molar-refractivity contribution in [2.45, 2.75) is 32.1 Å². The summed E-state index contributed by atoms with van der Waals surface area (Å²) in [5.74, 6) is 0.562. The molecule has 0 aliphatic carbocycles. The van der Waals surface area contributed by atoms with Crippen molar-refractivity contribution in [3.05, 3.63) is 11.1 Å². The molecule has 0 saturated carbocycles. The predicted molar refractivity (Wildman–Crippen MR) is 76.7 cm³/mol. The van der Waals surface area contributed by atoms with Gasteiger partial charge in [0, 0.05) is 17.7 Å². The zero-order valence-electron chi connectivity index (χ0n) is 11.3. The number of ether oxygens (including phenoxy) is 1. The zero-order valence-corrected chi connectivity index (χ0v) is 12.1. The van der Waals surface area contributed by atoms with E-state index in [9.17, 15) is 4.79 Å². The Morgan fingerprint density at radius 1 is 1.58 bits per heavy atom. The summed E-state index contributed by atoms with van der Waals surface area (Å²) >= 11 is 1.60. The van der Waals surface area contributed by atoms with Crippen LogP contribution in [0.5, 0.6) is 0 Å². The molecule has 0 unspecified atom stereocenters. The number of piperidine rings is 1. The highest BCUT2D eigenvalue weighted by Gasteiger charge is 2.18. The van der Waals surface area contributed by atoms with Gasteiger partial charge in [-0.05, 0) is 38.8 Å². The van der Waals surface area contributed by atoms with Gasteiger partial charge in [-0.25, -0.2) is 4.98 Å². The van der Waals surface area contributed by atoms with Crippen LogP contribution >= 0.6 is 11.3 Å². The fourth-order valence-corrected chi connectivity index (χ4v) is 3.13. The van der Waals surface area contributed by atoms with E-state index in [0.717, 1.165) is 25.9 Å². The molecule has 0 bridgehead atoms. The molecule has 1 aromatic heterocycles. The average Bonchev–Trinajstić information content (AvgIpc) is 2.88. The van der Waals surface area contributed by atoms with Crippen molar-refractivity contribution in [3.8, 4) is 0 Å². The Kier molecular flexibility index (Phi) is 5.75. The maximum Gasteiger partial charge on any atom is 0.228 e. The summed E-state index contributed by atoms with van der Waals surface area (Å²) in [4.78, 5) is 17.2. The van der Waals surface area contributed by atoms with Crippen LogP contribution in [-0.4, -0.2) is 37.2 Å². The van der Waals surface area contributed by atoms with Crippen LogP contribution in [0.3, 0.4) is 0 Å². The van der Waals surface area contributed by atoms with Crippen LogP contribution in [0.4, 0.5) is 5.13 Å². The molecule has 106 valence electrons. The lowest BCUT2D eigenvalue weighted by atomic mass is 9.97. The minimum atomic E-state index is -0.0281. The van der Waals surface area contributed by atoms with Gasteiger partial charge in [-0.2, -0.15) is 0 Å². The topological polar surface area (TPSA) is 63.2 Å². The second kappa shape index (κ2) is 7.57. The summed E-state index contributed by atoms with van der Waals surface area (Å²) in [6.45, 7) is 5.17. The van der Waals surface area contributed by atoms with Crippen LogP contribution < -0.4 is 10.6 Å². The molecule has 6 heteroatoms. The van der Waals surface area contributed by atoms with E-state index in [2.05, 4.69) is 15.6 Å². The Hall–Kier alpha value is -0.980. The molecule has 1 aliphatic rings. The van der Waals surface area contributed by atoms with Crippen LogP contribution in [0.2, 0.25) is 0 Å². The highest BCUT2D eigenvalue weighted by atomic mass is 32.1. The molecule has 1 aromatic rings. The van der Waals surface area contributed by atoms with E-state index in [0.29, 0.717) is 30.7 Å². The first-order valence-corrected chi connectivity index (χ1v) is 7.65. The molecule has 1 fully saturated rings. The number of rotatable bonds is 6. The van der Waals surface area contributed by atoms with Gasteiger partial charge in [0.1, 0.15) is 0 Å². The van der Waals surface area contributed by atoms with Crippen molar-refractivity contribution in [2.24, 2.45) is 0 Å². The molecule has 1 amide bonds. The highest BCUT2D eigenvalue weighted by Crippen LogP contribution is 2.31. The fourth-order valence-electron chi connectivity index (χ4n) is 2.13. The molecule has 0 atom stereocenters. The third-order valence-electron chi connectivity index (χ3n) is 3.19. The third kappa shape index (κ3) is 4.56. The minimum absolute atomic E-state index is 0.0281. The second-order valence-corrected chi connectivity index (χ2v) is 5.65. The summed E-state index contributed by atoms with van der Waals surface area (Å²) in [5.41, 5.74) is 0. The molecule has 0 spiro atoms. The first-order chi connectivity index (χ1) is 9.29. The first kappa shape index (κ1) is 14.4. The standard InChI is InChI=1S/C13H21N3O2S/c1-2-18-8-5-12(17)16-13-15-9-11(19-13)10-3-6-14-7-4-10/h9-10,14H,2-8H2,1H3,(H,15,16,17). The Balaban J connectivity index is 1.81. The Morgan fingerprint density at radius 3 is 3.11 bits per heavy atom. The van der Waals surface area contributed by atoms with Gasteiger partial charge in [0.2, 0.25) is 5.91 Å². The normalized spacial score (nSPS) is 16.5. The fraction of sp³-hybridized carbons (Fsp3) is 0.692. The summed E-state index contributed by atoms with van der Waals surface area (Å²) in [5, 5.41) is 6.89. The van der Waals surface area contributed by atoms with Gasteiger partial charge in [0.05, 0.1) is 13.0 Å². The van der Waals surface area contributed by atoms with Crippen molar-refractivity contribution in [1.29, 1.82) is 0 Å². The lowest BCUT2D eigenvalue weighted by Crippen LogP contribution is -2.26. The molecule has 1 saturated heterocycles. The molecule has 19 heavy (non-hydrogen) atoms. The van der Waals surface area contributed by atoms with Gasteiger partial charge in [0.25, 0.3) is 0 Å². The van der Waals surface area contributed by atoms with Crippen molar-refractivity contribution >= 4 is 22.4 Å². The average molecular weight is 283 g/mol. The smallest absolute Gasteiger partial charge is 0.228 e. The van der Waals surface area contributed by atoms with Crippen LogP contribution in [0.15, 0.2) is 6.20 Å². The van der Waals surface area contributed by atoms with Crippen LogP contribution in [0.1, 0.15) is 37.0 Å². The largest absolute Gasteiger partial charge is 0.381 e. The van der Waals surface area contributed by atoms with E-state index in [1.165, 1.54) is 4.88 Å². The molecule has 2 heterocycles. The maximum absolute atomic E-state index is 11.6. The van der Waals surface area contributed by atoms with Crippen LogP contribution in [0, 0.1) is 0 Å². The SMILES string of the molecule is CCOCCC(=O)Nc1ncc(C2CCNCC2)s1. The van der Waals surface area contributed by atoms with Crippen molar-refractivity contribution in [1.82, 2.24) is 10.3 Å². The molecule has 0 aromatic carbocycles. The number of aromatic nitrogens is 1. The second-order valence-electron chi connectivity index (χ2n) is 4.59. The molecule has 0 radical (unpaired) electrons.